The summed E-state index contributed by atoms with van der Waals surface area (Å²) in [6.45, 7) is 1.38. The van der Waals surface area contributed by atoms with Crippen LogP contribution in [-0.2, 0) is 9.59 Å². The highest BCUT2D eigenvalue weighted by Gasteiger charge is 2.38. The number of amides is 2. The molecule has 6 nitrogen and oxygen atoms in total. The highest BCUT2D eigenvalue weighted by molar-refractivity contribution is 5.99. The summed E-state index contributed by atoms with van der Waals surface area (Å²) in [5, 5.41) is 15.3. The third-order valence-electron chi connectivity index (χ3n) is 5.21. The normalized spacial score (nSPS) is 13.1. The lowest BCUT2D eigenvalue weighted by atomic mass is 9.89. The maximum atomic E-state index is 12.9. The molecule has 150 valence electrons. The van der Waals surface area contributed by atoms with Crippen molar-refractivity contribution in [1.82, 2.24) is 5.32 Å². The van der Waals surface area contributed by atoms with Gasteiger partial charge in [0.1, 0.15) is 6.04 Å². The molecule has 0 heterocycles. The summed E-state index contributed by atoms with van der Waals surface area (Å²) in [4.78, 5) is 36.4. The molecule has 0 saturated heterocycles. The zero-order chi connectivity index (χ0) is 21.3. The van der Waals surface area contributed by atoms with Gasteiger partial charge >= 0.3 is 5.97 Å². The second kappa shape index (κ2) is 7.83. The van der Waals surface area contributed by atoms with Crippen LogP contribution in [0.5, 0.6) is 0 Å². The van der Waals surface area contributed by atoms with Gasteiger partial charge in [-0.2, -0.15) is 0 Å². The molecule has 3 N–H and O–H groups in total. The van der Waals surface area contributed by atoms with Crippen molar-refractivity contribution in [2.45, 2.75) is 18.9 Å². The Morgan fingerprint density at radius 3 is 2.03 bits per heavy atom. The molecule has 30 heavy (non-hydrogen) atoms. The lowest BCUT2D eigenvalue weighted by molar-refractivity contribution is -0.139. The summed E-state index contributed by atoms with van der Waals surface area (Å²) in [5.74, 6) is -2.39. The van der Waals surface area contributed by atoms with E-state index in [1.54, 1.807) is 18.2 Å². The highest BCUT2D eigenvalue weighted by atomic mass is 16.4. The third kappa shape index (κ3) is 3.55. The van der Waals surface area contributed by atoms with Gasteiger partial charge in [-0.25, -0.2) is 4.79 Å². The average Bonchev–Trinajstić information content (AvgIpc) is 3.06. The van der Waals surface area contributed by atoms with Gasteiger partial charge in [0.2, 0.25) is 5.91 Å². The highest BCUT2D eigenvalue weighted by Crippen LogP contribution is 2.46. The van der Waals surface area contributed by atoms with Crippen LogP contribution in [0.25, 0.3) is 11.1 Å². The fourth-order valence-corrected chi connectivity index (χ4v) is 4.01. The van der Waals surface area contributed by atoms with Crippen molar-refractivity contribution in [1.29, 1.82) is 0 Å². The Balaban J connectivity index is 1.68. The monoisotopic (exact) mass is 400 g/mol. The predicted octanol–water partition coefficient (Wildman–Crippen LogP) is 3.64. The zero-order valence-corrected chi connectivity index (χ0v) is 16.3. The molecule has 0 aromatic heterocycles. The molecule has 1 aliphatic carbocycles. The number of carboxylic acids is 1. The smallest absolute Gasteiger partial charge is 0.327 e. The van der Waals surface area contributed by atoms with Gasteiger partial charge in [-0.3, -0.25) is 9.59 Å². The third-order valence-corrected chi connectivity index (χ3v) is 5.21. The second-order valence-electron chi connectivity index (χ2n) is 7.20. The molecule has 0 bridgehead atoms. The molecule has 1 aliphatic rings. The van der Waals surface area contributed by atoms with Gasteiger partial charge in [-0.05, 0) is 40.5 Å². The van der Waals surface area contributed by atoms with Gasteiger partial charge in [-0.1, -0.05) is 54.6 Å². The van der Waals surface area contributed by atoms with Crippen molar-refractivity contribution in [2.75, 3.05) is 5.32 Å². The molecule has 0 saturated carbocycles. The fraction of sp³-hybridized carbons (Fsp3) is 0.125. The molecular weight excluding hydrogens is 380 g/mol. The molecule has 0 radical (unpaired) electrons. The molecule has 1 atom stereocenters. The molecule has 3 aromatic carbocycles. The molecular formula is C24H20N2O4. The van der Waals surface area contributed by atoms with Gasteiger partial charge in [0.05, 0.1) is 0 Å². The van der Waals surface area contributed by atoms with E-state index in [9.17, 15) is 19.5 Å². The van der Waals surface area contributed by atoms with Crippen molar-refractivity contribution in [2.24, 2.45) is 0 Å². The van der Waals surface area contributed by atoms with Crippen LogP contribution in [-0.4, -0.2) is 28.9 Å². The first-order valence-corrected chi connectivity index (χ1v) is 9.55. The Morgan fingerprint density at radius 1 is 0.867 bits per heavy atom. The Kier molecular flexibility index (Phi) is 5.06. The van der Waals surface area contributed by atoms with Crippen LogP contribution in [0.3, 0.4) is 0 Å². The summed E-state index contributed by atoms with van der Waals surface area (Å²) in [6, 6.07) is 20.6. The number of anilines is 1. The number of nitrogens with one attached hydrogen (secondary N) is 2. The SMILES string of the molecule is CC(=O)Nc1cccc(C(=O)N[C@H](C(=O)O)C2c3ccccc3-c3ccccc32)c1. The van der Waals surface area contributed by atoms with E-state index < -0.39 is 23.8 Å². The van der Waals surface area contributed by atoms with E-state index >= 15 is 0 Å². The summed E-state index contributed by atoms with van der Waals surface area (Å²) < 4.78 is 0. The van der Waals surface area contributed by atoms with E-state index in [4.69, 9.17) is 0 Å². The van der Waals surface area contributed by atoms with E-state index in [-0.39, 0.29) is 11.5 Å². The van der Waals surface area contributed by atoms with Crippen molar-refractivity contribution < 1.29 is 19.5 Å². The van der Waals surface area contributed by atoms with Crippen LogP contribution in [0, 0.1) is 0 Å². The first kappa shape index (κ1) is 19.4. The molecule has 2 amide bonds. The standard InChI is InChI=1S/C24H20N2O4/c1-14(27)25-16-8-6-7-15(13-16)23(28)26-22(24(29)30)21-19-11-4-2-9-17(19)18-10-3-5-12-20(18)21/h2-13,21-22H,1H3,(H,25,27)(H,26,28)(H,29,30)/t22-/m0/s1. The molecule has 0 unspecified atom stereocenters. The minimum atomic E-state index is -1.15. The number of benzene rings is 3. The van der Waals surface area contributed by atoms with Crippen LogP contribution >= 0.6 is 0 Å². The van der Waals surface area contributed by atoms with E-state index in [1.807, 2.05) is 48.5 Å². The Hall–Kier alpha value is -3.93. The molecule has 0 fully saturated rings. The lowest BCUT2D eigenvalue weighted by Crippen LogP contribution is -2.44. The van der Waals surface area contributed by atoms with Gasteiger partial charge in [0.15, 0.2) is 0 Å². The number of carbonyl (C=O) groups excluding carboxylic acids is 2. The second-order valence-corrected chi connectivity index (χ2v) is 7.20. The van der Waals surface area contributed by atoms with E-state index in [2.05, 4.69) is 10.6 Å². The maximum Gasteiger partial charge on any atom is 0.327 e. The first-order chi connectivity index (χ1) is 14.5. The summed E-state index contributed by atoms with van der Waals surface area (Å²) in [6.07, 6.45) is 0. The largest absolute Gasteiger partial charge is 0.480 e. The molecule has 0 spiro atoms. The predicted molar refractivity (Wildman–Crippen MR) is 113 cm³/mol. The number of hydrogen-bond donors (Lipinski definition) is 3. The van der Waals surface area contributed by atoms with Crippen LogP contribution in [0.2, 0.25) is 0 Å². The van der Waals surface area contributed by atoms with E-state index in [1.165, 1.54) is 13.0 Å². The van der Waals surface area contributed by atoms with Crippen LogP contribution in [0.1, 0.15) is 34.3 Å². The summed E-state index contributed by atoms with van der Waals surface area (Å²) in [5.41, 5.74) is 4.44. The Labute approximate surface area is 173 Å². The lowest BCUT2D eigenvalue weighted by Gasteiger charge is -2.23. The van der Waals surface area contributed by atoms with Crippen molar-refractivity contribution >= 4 is 23.5 Å². The number of carboxylic acid groups (broad SMARTS) is 1. The number of rotatable bonds is 5. The van der Waals surface area contributed by atoms with Crippen molar-refractivity contribution in [3.8, 4) is 11.1 Å². The minimum absolute atomic E-state index is 0.254. The van der Waals surface area contributed by atoms with Crippen LogP contribution in [0.15, 0.2) is 72.8 Å². The number of aliphatic carboxylic acids is 1. The Morgan fingerprint density at radius 2 is 1.47 bits per heavy atom. The van der Waals surface area contributed by atoms with Crippen molar-refractivity contribution in [3.63, 3.8) is 0 Å². The molecule has 6 heteroatoms. The van der Waals surface area contributed by atoms with Crippen LogP contribution < -0.4 is 10.6 Å². The average molecular weight is 400 g/mol. The summed E-state index contributed by atoms with van der Waals surface area (Å²) >= 11 is 0. The number of hydrogen-bond acceptors (Lipinski definition) is 3. The minimum Gasteiger partial charge on any atom is -0.480 e. The van der Waals surface area contributed by atoms with Gasteiger partial charge < -0.3 is 15.7 Å². The first-order valence-electron chi connectivity index (χ1n) is 9.55. The van der Waals surface area contributed by atoms with Crippen molar-refractivity contribution in [3.05, 3.63) is 89.5 Å². The summed E-state index contributed by atoms with van der Waals surface area (Å²) in [7, 11) is 0. The van der Waals surface area contributed by atoms with Crippen LogP contribution in [0.4, 0.5) is 5.69 Å². The quantitative estimate of drug-likeness (QED) is 0.609. The molecule has 3 aromatic rings. The van der Waals surface area contributed by atoms with Gasteiger partial charge in [-0.15, -0.1) is 0 Å². The van der Waals surface area contributed by atoms with Gasteiger partial charge in [0, 0.05) is 24.1 Å². The molecule has 4 rings (SSSR count). The number of carbonyl (C=O) groups is 3. The zero-order valence-electron chi connectivity index (χ0n) is 16.3. The van der Waals surface area contributed by atoms with E-state index in [0.29, 0.717) is 5.69 Å². The van der Waals surface area contributed by atoms with Gasteiger partial charge in [0.25, 0.3) is 5.91 Å². The molecule has 0 aliphatic heterocycles. The fourth-order valence-electron chi connectivity index (χ4n) is 4.01. The Bertz CT molecular complexity index is 1110. The number of fused-ring (bicyclic) bond motifs is 3. The maximum absolute atomic E-state index is 12.9. The topological polar surface area (TPSA) is 95.5 Å². The van der Waals surface area contributed by atoms with E-state index in [0.717, 1.165) is 22.3 Å².